The van der Waals surface area contributed by atoms with Gasteiger partial charge in [0.15, 0.2) is 0 Å². The topological polar surface area (TPSA) is 76.7 Å². The van der Waals surface area contributed by atoms with Gasteiger partial charge in [0.25, 0.3) is 11.8 Å². The first-order chi connectivity index (χ1) is 13.4. The number of rotatable bonds is 6. The van der Waals surface area contributed by atoms with Crippen molar-refractivity contribution in [2.24, 2.45) is 0 Å². The fourth-order valence-corrected chi connectivity index (χ4v) is 3.06. The van der Waals surface area contributed by atoms with E-state index >= 15 is 0 Å². The van der Waals surface area contributed by atoms with Crippen molar-refractivity contribution in [1.29, 1.82) is 0 Å². The van der Waals surface area contributed by atoms with Crippen molar-refractivity contribution in [3.8, 4) is 5.75 Å². The van der Waals surface area contributed by atoms with E-state index < -0.39 is 6.10 Å². The van der Waals surface area contributed by atoms with Crippen LogP contribution >= 0.6 is 0 Å². The minimum atomic E-state index is -0.410. The normalized spacial score (nSPS) is 16.1. The van der Waals surface area contributed by atoms with Crippen molar-refractivity contribution in [3.63, 3.8) is 0 Å². The second-order valence-electron chi connectivity index (χ2n) is 7.17. The molecule has 6 heteroatoms. The monoisotopic (exact) mass is 382 g/mol. The molecule has 1 fully saturated rings. The molecule has 0 aromatic heterocycles. The van der Waals surface area contributed by atoms with E-state index in [2.05, 4.69) is 10.6 Å². The van der Waals surface area contributed by atoms with Crippen LogP contribution < -0.4 is 15.4 Å². The molecule has 0 aliphatic carbocycles. The van der Waals surface area contributed by atoms with Crippen LogP contribution in [-0.2, 0) is 9.53 Å². The zero-order valence-electron chi connectivity index (χ0n) is 16.5. The fraction of sp³-hybridized carbons (Fsp3) is 0.364. The van der Waals surface area contributed by atoms with E-state index in [0.717, 1.165) is 29.8 Å². The highest BCUT2D eigenvalue weighted by atomic mass is 16.5. The lowest BCUT2D eigenvalue weighted by atomic mass is 10.1. The Kier molecular flexibility index (Phi) is 6.31. The molecule has 1 heterocycles. The molecular weight excluding hydrogens is 356 g/mol. The van der Waals surface area contributed by atoms with E-state index in [0.29, 0.717) is 17.9 Å². The van der Waals surface area contributed by atoms with Gasteiger partial charge in [0.2, 0.25) is 0 Å². The molecule has 1 unspecified atom stereocenters. The van der Waals surface area contributed by atoms with Gasteiger partial charge in [0.1, 0.15) is 11.9 Å². The molecule has 0 bridgehead atoms. The summed E-state index contributed by atoms with van der Waals surface area (Å²) in [6, 6.07) is 12.4. The number of nitrogens with one attached hydrogen (secondary N) is 2. The smallest absolute Gasteiger partial charge is 0.255 e. The molecule has 2 aromatic carbocycles. The molecule has 0 radical (unpaired) electrons. The van der Waals surface area contributed by atoms with Gasteiger partial charge in [-0.1, -0.05) is 6.07 Å². The van der Waals surface area contributed by atoms with Crippen LogP contribution in [0.5, 0.6) is 5.75 Å². The summed E-state index contributed by atoms with van der Waals surface area (Å²) in [6.45, 7) is 6.47. The number of ether oxygens (including phenoxy) is 2. The average molecular weight is 382 g/mol. The Morgan fingerprint density at radius 1 is 1.14 bits per heavy atom. The van der Waals surface area contributed by atoms with Crippen LogP contribution in [0.2, 0.25) is 0 Å². The van der Waals surface area contributed by atoms with Crippen LogP contribution in [0.25, 0.3) is 0 Å². The number of anilines is 2. The fourth-order valence-electron chi connectivity index (χ4n) is 3.06. The molecule has 2 aromatic rings. The quantitative estimate of drug-likeness (QED) is 0.787. The predicted octanol–water partition coefficient (Wildman–Crippen LogP) is 4.15. The van der Waals surface area contributed by atoms with E-state index in [1.165, 1.54) is 0 Å². The van der Waals surface area contributed by atoms with Crippen molar-refractivity contribution >= 4 is 23.2 Å². The van der Waals surface area contributed by atoms with Crippen molar-refractivity contribution in [2.45, 2.75) is 45.8 Å². The van der Waals surface area contributed by atoms with Crippen molar-refractivity contribution < 1.29 is 19.1 Å². The summed E-state index contributed by atoms with van der Waals surface area (Å²) in [5.74, 6) is 0.352. The number of benzene rings is 2. The van der Waals surface area contributed by atoms with Gasteiger partial charge >= 0.3 is 0 Å². The lowest BCUT2D eigenvalue weighted by molar-refractivity contribution is -0.124. The Morgan fingerprint density at radius 2 is 1.96 bits per heavy atom. The van der Waals surface area contributed by atoms with Crippen LogP contribution in [0.4, 0.5) is 11.4 Å². The van der Waals surface area contributed by atoms with Gasteiger partial charge in [-0.15, -0.1) is 0 Å². The molecule has 1 aliphatic rings. The maximum Gasteiger partial charge on any atom is 0.255 e. The molecule has 2 amide bonds. The highest BCUT2D eigenvalue weighted by Crippen LogP contribution is 2.23. The molecule has 148 valence electrons. The first-order valence-electron chi connectivity index (χ1n) is 9.53. The third-order valence-corrected chi connectivity index (χ3v) is 4.43. The molecule has 3 rings (SSSR count). The molecule has 0 spiro atoms. The van der Waals surface area contributed by atoms with Crippen LogP contribution in [-0.4, -0.2) is 30.6 Å². The Balaban J connectivity index is 1.66. The second kappa shape index (κ2) is 8.89. The van der Waals surface area contributed by atoms with E-state index in [1.807, 2.05) is 39.0 Å². The van der Waals surface area contributed by atoms with Crippen LogP contribution in [0, 0.1) is 6.92 Å². The third-order valence-electron chi connectivity index (χ3n) is 4.43. The zero-order valence-corrected chi connectivity index (χ0v) is 16.5. The molecule has 1 saturated heterocycles. The third kappa shape index (κ3) is 5.10. The summed E-state index contributed by atoms with van der Waals surface area (Å²) >= 11 is 0. The zero-order chi connectivity index (χ0) is 20.1. The summed E-state index contributed by atoms with van der Waals surface area (Å²) in [5.41, 5.74) is 2.67. The summed E-state index contributed by atoms with van der Waals surface area (Å²) in [4.78, 5) is 24.8. The molecule has 6 nitrogen and oxygen atoms in total. The van der Waals surface area contributed by atoms with E-state index in [9.17, 15) is 9.59 Å². The molecule has 1 aliphatic heterocycles. The van der Waals surface area contributed by atoms with Gasteiger partial charge in [0, 0.05) is 23.5 Å². The van der Waals surface area contributed by atoms with Crippen molar-refractivity contribution in [1.82, 2.24) is 0 Å². The van der Waals surface area contributed by atoms with E-state index in [4.69, 9.17) is 9.47 Å². The van der Waals surface area contributed by atoms with E-state index in [1.54, 1.807) is 24.3 Å². The summed E-state index contributed by atoms with van der Waals surface area (Å²) < 4.78 is 11.1. The standard InChI is InChI=1S/C22H26N2O4/c1-14(2)28-18-9-10-19(15(3)12-18)24-21(25)16-6-4-7-17(13-16)23-22(26)20-8-5-11-27-20/h4,6-7,9-10,12-14,20H,5,8,11H2,1-3H3,(H,23,26)(H,24,25). The van der Waals surface area contributed by atoms with Gasteiger partial charge < -0.3 is 20.1 Å². The Labute approximate surface area is 165 Å². The number of aryl methyl sites for hydroxylation is 1. The van der Waals surface area contributed by atoms with E-state index in [-0.39, 0.29) is 17.9 Å². The minimum Gasteiger partial charge on any atom is -0.491 e. The molecule has 28 heavy (non-hydrogen) atoms. The summed E-state index contributed by atoms with van der Waals surface area (Å²) in [7, 11) is 0. The number of carbonyl (C=O) groups is 2. The first-order valence-corrected chi connectivity index (χ1v) is 9.53. The van der Waals surface area contributed by atoms with Gasteiger partial charge in [-0.2, -0.15) is 0 Å². The number of hydrogen-bond donors (Lipinski definition) is 2. The van der Waals surface area contributed by atoms with Gasteiger partial charge in [0.05, 0.1) is 6.10 Å². The van der Waals surface area contributed by atoms with Gasteiger partial charge in [-0.05, 0) is 75.6 Å². The maximum atomic E-state index is 12.6. The van der Waals surface area contributed by atoms with Crippen LogP contribution in [0.1, 0.15) is 42.6 Å². The maximum absolute atomic E-state index is 12.6. The first kappa shape index (κ1) is 19.9. The number of carbonyl (C=O) groups excluding carboxylic acids is 2. The second-order valence-corrected chi connectivity index (χ2v) is 7.17. The Morgan fingerprint density at radius 3 is 2.64 bits per heavy atom. The predicted molar refractivity (Wildman–Crippen MR) is 109 cm³/mol. The highest BCUT2D eigenvalue weighted by Gasteiger charge is 2.23. The number of hydrogen-bond acceptors (Lipinski definition) is 4. The average Bonchev–Trinajstić information content (AvgIpc) is 3.18. The molecule has 0 saturated carbocycles. The van der Waals surface area contributed by atoms with Gasteiger partial charge in [-0.3, -0.25) is 9.59 Å². The van der Waals surface area contributed by atoms with Gasteiger partial charge in [-0.25, -0.2) is 0 Å². The minimum absolute atomic E-state index is 0.0902. The highest BCUT2D eigenvalue weighted by molar-refractivity contribution is 6.05. The Bertz CT molecular complexity index is 857. The van der Waals surface area contributed by atoms with Crippen molar-refractivity contribution in [3.05, 3.63) is 53.6 Å². The number of amides is 2. The molecule has 2 N–H and O–H groups in total. The van der Waals surface area contributed by atoms with Crippen molar-refractivity contribution in [2.75, 3.05) is 17.2 Å². The lowest BCUT2D eigenvalue weighted by Crippen LogP contribution is -2.27. The summed E-state index contributed by atoms with van der Waals surface area (Å²) in [6.07, 6.45) is 1.29. The lowest BCUT2D eigenvalue weighted by Gasteiger charge is -2.14. The van der Waals surface area contributed by atoms with Crippen LogP contribution in [0.15, 0.2) is 42.5 Å². The molecular formula is C22H26N2O4. The van der Waals surface area contributed by atoms with Crippen LogP contribution in [0.3, 0.4) is 0 Å². The Hall–Kier alpha value is -2.86. The largest absolute Gasteiger partial charge is 0.491 e. The SMILES string of the molecule is Cc1cc(OC(C)C)ccc1NC(=O)c1cccc(NC(=O)C2CCCO2)c1. The molecule has 1 atom stereocenters. The summed E-state index contributed by atoms with van der Waals surface area (Å²) in [5, 5.41) is 5.73.